The molecule has 0 saturated heterocycles. The summed E-state index contributed by atoms with van der Waals surface area (Å²) < 4.78 is 15.0. The Bertz CT molecular complexity index is 4250. The van der Waals surface area contributed by atoms with Crippen LogP contribution in [-0.4, -0.2) is 19.5 Å². The molecule has 4 heterocycles. The van der Waals surface area contributed by atoms with Gasteiger partial charge >= 0.3 is 0 Å². The van der Waals surface area contributed by atoms with Crippen LogP contribution in [0.2, 0.25) is 0 Å². The summed E-state index contributed by atoms with van der Waals surface area (Å²) in [6.45, 7) is 0. The Morgan fingerprint density at radius 3 is 1.51 bits per heavy atom. The van der Waals surface area contributed by atoms with E-state index in [0.717, 1.165) is 110 Å². The average Bonchev–Trinajstić information content (AvgIpc) is 4.06. The minimum absolute atomic E-state index is 0.526. The van der Waals surface area contributed by atoms with Crippen molar-refractivity contribution in [1.82, 2.24) is 19.5 Å². The minimum Gasteiger partial charge on any atom is -0.456 e. The lowest BCUT2D eigenvalue weighted by Crippen LogP contribution is -2.07. The van der Waals surface area contributed by atoms with Crippen LogP contribution in [-0.2, 0) is 0 Å². The summed E-state index contributed by atoms with van der Waals surface area (Å²) in [4.78, 5) is 16.1. The van der Waals surface area contributed by atoms with Crippen molar-refractivity contribution < 1.29 is 8.83 Å². The Morgan fingerprint density at radius 2 is 0.785 bits per heavy atom. The van der Waals surface area contributed by atoms with E-state index in [-0.39, 0.29) is 0 Å². The maximum Gasteiger partial charge on any atom is 0.238 e. The normalized spacial score (nSPS) is 12.0. The number of para-hydroxylation sites is 3. The fourth-order valence-corrected chi connectivity index (χ4v) is 10.1. The fraction of sp³-hybridized carbons (Fsp3) is 0. The highest BCUT2D eigenvalue weighted by Crippen LogP contribution is 2.45. The van der Waals surface area contributed by atoms with Crippen molar-refractivity contribution in [3.63, 3.8) is 0 Å². The second kappa shape index (κ2) is 13.8. The number of furan rings is 2. The molecule has 0 aliphatic rings. The molecule has 302 valence electrons. The van der Waals surface area contributed by atoms with Gasteiger partial charge in [-0.15, -0.1) is 0 Å². The van der Waals surface area contributed by atoms with Crippen LogP contribution in [0.4, 0.5) is 0 Å². The van der Waals surface area contributed by atoms with Crippen molar-refractivity contribution in [2.75, 3.05) is 0 Å². The third-order valence-corrected chi connectivity index (χ3v) is 13.0. The zero-order chi connectivity index (χ0) is 42.6. The quantitative estimate of drug-likeness (QED) is 0.162. The lowest BCUT2D eigenvalue weighted by molar-refractivity contribution is 0.668. The summed E-state index contributed by atoms with van der Waals surface area (Å²) in [5, 5.41) is 11.3. The summed E-state index contributed by atoms with van der Waals surface area (Å²) >= 11 is 0. The zero-order valence-corrected chi connectivity index (χ0v) is 34.7. The highest BCUT2D eigenvalue weighted by atomic mass is 16.3. The third kappa shape index (κ3) is 5.44. The molecule has 14 rings (SSSR count). The first kappa shape index (κ1) is 35.7. The van der Waals surface area contributed by atoms with Gasteiger partial charge in [0.25, 0.3) is 0 Å². The highest BCUT2D eigenvalue weighted by molar-refractivity contribution is 6.33. The molecule has 14 aromatic rings. The SMILES string of the molecule is c1ccc(-c2nc(-c3ccc4c(c3)oc3ccccc34)nc(-n3c4c(-c5cccc(-c6ccc7c(c6)oc6ccccc67)c5)cccc4c4c5ccccc5c5ccccc5c43)n2)cc1. The average molecular weight is 831 g/mol. The van der Waals surface area contributed by atoms with Gasteiger partial charge in [-0.05, 0) is 75.3 Å². The molecule has 0 bridgehead atoms. The van der Waals surface area contributed by atoms with Gasteiger partial charge in [0.2, 0.25) is 5.95 Å². The number of nitrogens with zero attached hydrogens (tertiary/aromatic N) is 4. The Kier molecular flexibility index (Phi) is 7.59. The first-order valence-electron chi connectivity index (χ1n) is 21.8. The van der Waals surface area contributed by atoms with Gasteiger partial charge < -0.3 is 8.83 Å². The lowest BCUT2D eigenvalue weighted by atomic mass is 9.95. The third-order valence-electron chi connectivity index (χ3n) is 13.0. The number of benzene rings is 10. The predicted molar refractivity (Wildman–Crippen MR) is 265 cm³/mol. The number of hydrogen-bond acceptors (Lipinski definition) is 5. The second-order valence-corrected chi connectivity index (χ2v) is 16.7. The van der Waals surface area contributed by atoms with Gasteiger partial charge in [0.05, 0.1) is 11.0 Å². The molecule has 4 aromatic heterocycles. The molecule has 0 amide bonds. The van der Waals surface area contributed by atoms with Crippen molar-refractivity contribution in [2.45, 2.75) is 0 Å². The highest BCUT2D eigenvalue weighted by Gasteiger charge is 2.25. The van der Waals surface area contributed by atoms with E-state index in [1.54, 1.807) is 0 Å². The summed E-state index contributed by atoms with van der Waals surface area (Å²) in [7, 11) is 0. The van der Waals surface area contributed by atoms with Gasteiger partial charge in [-0.2, -0.15) is 9.97 Å². The molecule has 0 atom stereocenters. The number of fused-ring (bicyclic) bond motifs is 14. The molecule has 6 heteroatoms. The molecule has 0 aliphatic carbocycles. The fourth-order valence-electron chi connectivity index (χ4n) is 10.1. The smallest absolute Gasteiger partial charge is 0.238 e. The van der Waals surface area contributed by atoms with E-state index in [4.69, 9.17) is 23.8 Å². The van der Waals surface area contributed by atoms with Crippen LogP contribution in [0.5, 0.6) is 0 Å². The largest absolute Gasteiger partial charge is 0.456 e. The van der Waals surface area contributed by atoms with Crippen molar-refractivity contribution >= 4 is 87.2 Å². The number of aromatic nitrogens is 4. The molecule has 0 saturated carbocycles. The lowest BCUT2D eigenvalue weighted by Gasteiger charge is -2.14. The summed E-state index contributed by atoms with van der Waals surface area (Å²) in [6, 6.07) is 72.2. The minimum atomic E-state index is 0.526. The maximum atomic E-state index is 6.40. The standard InChI is InChI=1S/C59H34N4O2/c1-2-14-35(15-3-1)57-60-58(39-29-31-46-44-21-9-11-27-51(44)65-53(46)34-39)62-59(61-57)63-55-40(24-13-25-49(55)54-47-22-6-4-18-41(47)42-19-5-7-23-48(42)56(54)63)38-17-12-16-36(32-38)37-28-30-45-43-20-8-10-26-50(43)64-52(45)33-37/h1-34H. The van der Waals surface area contributed by atoms with Crippen molar-refractivity contribution in [3.8, 4) is 51.0 Å². The van der Waals surface area contributed by atoms with Gasteiger partial charge in [0.1, 0.15) is 22.3 Å². The van der Waals surface area contributed by atoms with Crippen LogP contribution >= 0.6 is 0 Å². The summed E-state index contributed by atoms with van der Waals surface area (Å²) in [5.74, 6) is 1.66. The number of rotatable bonds is 5. The zero-order valence-electron chi connectivity index (χ0n) is 34.7. The molecule has 10 aromatic carbocycles. The molecule has 65 heavy (non-hydrogen) atoms. The molecule has 6 nitrogen and oxygen atoms in total. The van der Waals surface area contributed by atoms with Crippen molar-refractivity contribution in [3.05, 3.63) is 206 Å². The molecule has 0 aliphatic heterocycles. The van der Waals surface area contributed by atoms with Gasteiger partial charge in [-0.25, -0.2) is 4.98 Å². The van der Waals surface area contributed by atoms with Gasteiger partial charge in [-0.1, -0.05) is 164 Å². The molecule has 0 fully saturated rings. The first-order chi connectivity index (χ1) is 32.2. The second-order valence-electron chi connectivity index (χ2n) is 16.7. The van der Waals surface area contributed by atoms with E-state index in [1.165, 1.54) is 10.8 Å². The van der Waals surface area contributed by atoms with E-state index in [1.807, 2.05) is 48.5 Å². The van der Waals surface area contributed by atoms with Crippen LogP contribution in [0.25, 0.3) is 138 Å². The molecule has 0 radical (unpaired) electrons. The van der Waals surface area contributed by atoms with Gasteiger partial charge in [-0.3, -0.25) is 4.57 Å². The Morgan fingerprint density at radius 1 is 0.292 bits per heavy atom. The van der Waals surface area contributed by atoms with Crippen LogP contribution in [0.3, 0.4) is 0 Å². The molecular weight excluding hydrogens is 797 g/mol. The van der Waals surface area contributed by atoms with E-state index in [2.05, 4.69) is 162 Å². The molecule has 0 N–H and O–H groups in total. The topological polar surface area (TPSA) is 69.9 Å². The van der Waals surface area contributed by atoms with Crippen molar-refractivity contribution in [2.24, 2.45) is 0 Å². The van der Waals surface area contributed by atoms with E-state index < -0.39 is 0 Å². The van der Waals surface area contributed by atoms with E-state index >= 15 is 0 Å². The van der Waals surface area contributed by atoms with E-state index in [9.17, 15) is 0 Å². The molecule has 0 unspecified atom stereocenters. The van der Waals surface area contributed by atoms with Crippen LogP contribution in [0, 0.1) is 0 Å². The monoisotopic (exact) mass is 830 g/mol. The Balaban J connectivity index is 1.07. The summed E-state index contributed by atoms with van der Waals surface area (Å²) in [5.41, 5.74) is 11.5. The van der Waals surface area contributed by atoms with Crippen molar-refractivity contribution in [1.29, 1.82) is 0 Å². The molecule has 0 spiro atoms. The summed E-state index contributed by atoms with van der Waals surface area (Å²) in [6.07, 6.45) is 0. The van der Waals surface area contributed by atoms with Gasteiger partial charge in [0.15, 0.2) is 11.6 Å². The Labute approximate surface area is 371 Å². The molecular formula is C59H34N4O2. The maximum absolute atomic E-state index is 6.40. The number of hydrogen-bond donors (Lipinski definition) is 0. The van der Waals surface area contributed by atoms with E-state index in [0.29, 0.717) is 17.6 Å². The predicted octanol–water partition coefficient (Wildman–Crippen LogP) is 15.7. The van der Waals surface area contributed by atoms with Gasteiger partial charge in [0, 0.05) is 54.4 Å². The van der Waals surface area contributed by atoms with Crippen LogP contribution in [0.15, 0.2) is 215 Å². The van der Waals surface area contributed by atoms with Crippen LogP contribution in [0.1, 0.15) is 0 Å². The Hall–Kier alpha value is -8.87. The first-order valence-corrected chi connectivity index (χ1v) is 21.8. The van der Waals surface area contributed by atoms with Crippen LogP contribution < -0.4 is 0 Å².